The molecule has 2 atom stereocenters. The van der Waals surface area contributed by atoms with Crippen LogP contribution in [0.5, 0.6) is 0 Å². The standard InChI is InChI=1S/C31H26FN5O.CH3F/c32-26-12-4-3-11-25(26)30-35-27-14-13-20(29-33-15-6-16-34-29)17-28(27)37(30)23-9-5-8-22(18-23)36-19-21-7-1-2-10-24(21)31(36)38;1-2/h1-4,6-7,10-17,22-23H,5,8-9,18-19H2;1H3. The molecular weight excluding hydrogens is 508 g/mol. The zero-order valence-corrected chi connectivity index (χ0v) is 22.2. The van der Waals surface area contributed by atoms with Crippen molar-refractivity contribution in [1.82, 2.24) is 24.4 Å². The molecule has 8 heteroatoms. The highest BCUT2D eigenvalue weighted by atomic mass is 19.1. The molecule has 40 heavy (non-hydrogen) atoms. The number of aromatic nitrogens is 4. The second-order valence-corrected chi connectivity index (χ2v) is 10.1. The largest absolute Gasteiger partial charge is 0.331 e. The summed E-state index contributed by atoms with van der Waals surface area (Å²) in [4.78, 5) is 29.1. The molecule has 1 amide bonds. The topological polar surface area (TPSA) is 63.9 Å². The number of amides is 1. The van der Waals surface area contributed by atoms with Crippen molar-refractivity contribution < 1.29 is 13.6 Å². The van der Waals surface area contributed by atoms with E-state index in [1.807, 2.05) is 47.4 Å². The van der Waals surface area contributed by atoms with Crippen LogP contribution < -0.4 is 0 Å². The highest BCUT2D eigenvalue weighted by molar-refractivity contribution is 5.98. The number of imidazole rings is 1. The van der Waals surface area contributed by atoms with Gasteiger partial charge in [0.05, 0.1) is 23.8 Å². The van der Waals surface area contributed by atoms with Crippen molar-refractivity contribution in [2.45, 2.75) is 44.3 Å². The summed E-state index contributed by atoms with van der Waals surface area (Å²) < 4.78 is 26.8. The zero-order valence-electron chi connectivity index (χ0n) is 22.2. The number of carbonyl (C=O) groups is 1. The number of carbonyl (C=O) groups excluding carboxylic acids is 1. The van der Waals surface area contributed by atoms with E-state index in [0.717, 1.165) is 53.4 Å². The summed E-state index contributed by atoms with van der Waals surface area (Å²) in [5, 5.41) is 0. The van der Waals surface area contributed by atoms with Crippen LogP contribution in [0.15, 0.2) is 85.2 Å². The van der Waals surface area contributed by atoms with Crippen LogP contribution in [0.25, 0.3) is 33.8 Å². The van der Waals surface area contributed by atoms with Crippen molar-refractivity contribution in [3.63, 3.8) is 0 Å². The van der Waals surface area contributed by atoms with E-state index >= 15 is 4.39 Å². The molecule has 0 bridgehead atoms. The van der Waals surface area contributed by atoms with E-state index in [0.29, 0.717) is 30.9 Å². The Labute approximate surface area is 231 Å². The maximum absolute atomic E-state index is 15.1. The number of rotatable bonds is 4. The summed E-state index contributed by atoms with van der Waals surface area (Å²) >= 11 is 0. The number of halogens is 2. The molecule has 1 saturated carbocycles. The third-order valence-electron chi connectivity index (χ3n) is 7.90. The van der Waals surface area contributed by atoms with E-state index in [1.165, 1.54) is 6.07 Å². The molecule has 1 fully saturated rings. The van der Waals surface area contributed by atoms with E-state index in [-0.39, 0.29) is 23.8 Å². The Balaban J connectivity index is 0.00000142. The predicted molar refractivity (Wildman–Crippen MR) is 151 cm³/mol. The van der Waals surface area contributed by atoms with Gasteiger partial charge in [-0.2, -0.15) is 0 Å². The van der Waals surface area contributed by atoms with E-state index in [2.05, 4.69) is 20.6 Å². The lowest BCUT2D eigenvalue weighted by Crippen LogP contribution is -2.39. The van der Waals surface area contributed by atoms with Gasteiger partial charge in [-0.1, -0.05) is 30.3 Å². The molecule has 0 N–H and O–H groups in total. The van der Waals surface area contributed by atoms with Crippen LogP contribution in [0.4, 0.5) is 8.78 Å². The SMILES string of the molecule is CF.O=C1c2ccccc2CN1C1CCCC(n2c(-c3ccccc3F)nc3ccc(-c4ncccn4)cc32)C1. The molecule has 2 aromatic heterocycles. The lowest BCUT2D eigenvalue weighted by atomic mass is 9.89. The van der Waals surface area contributed by atoms with E-state index in [9.17, 15) is 9.18 Å². The number of benzene rings is 3. The van der Waals surface area contributed by atoms with Gasteiger partial charge in [-0.15, -0.1) is 0 Å². The van der Waals surface area contributed by atoms with Gasteiger partial charge in [0.25, 0.3) is 5.91 Å². The fraction of sp³-hybridized carbons (Fsp3) is 0.250. The zero-order chi connectivity index (χ0) is 27.6. The minimum atomic E-state index is -0.298. The summed E-state index contributed by atoms with van der Waals surface area (Å²) in [7, 11) is 0.500. The maximum Gasteiger partial charge on any atom is 0.254 e. The van der Waals surface area contributed by atoms with Gasteiger partial charge in [0.2, 0.25) is 0 Å². The summed E-state index contributed by atoms with van der Waals surface area (Å²) in [6.45, 7) is 0.646. The lowest BCUT2D eigenvalue weighted by molar-refractivity contribution is 0.0630. The van der Waals surface area contributed by atoms with Crippen LogP contribution in [0.1, 0.15) is 47.6 Å². The number of hydrogen-bond donors (Lipinski definition) is 0. The van der Waals surface area contributed by atoms with Crippen LogP contribution >= 0.6 is 0 Å². The van der Waals surface area contributed by atoms with E-state index in [4.69, 9.17) is 4.98 Å². The molecule has 6 nitrogen and oxygen atoms in total. The Morgan fingerprint density at radius 1 is 0.850 bits per heavy atom. The minimum absolute atomic E-state index is 0.0665. The van der Waals surface area contributed by atoms with Gasteiger partial charge in [-0.25, -0.2) is 19.3 Å². The van der Waals surface area contributed by atoms with Gasteiger partial charge in [0.15, 0.2) is 5.82 Å². The van der Waals surface area contributed by atoms with Crippen molar-refractivity contribution in [3.05, 3.63) is 102 Å². The highest BCUT2D eigenvalue weighted by Crippen LogP contribution is 2.40. The van der Waals surface area contributed by atoms with Crippen LogP contribution in [0.2, 0.25) is 0 Å². The smallest absolute Gasteiger partial charge is 0.254 e. The van der Waals surface area contributed by atoms with Crippen molar-refractivity contribution in [1.29, 1.82) is 0 Å². The molecule has 0 saturated heterocycles. The molecule has 2 unspecified atom stereocenters. The van der Waals surface area contributed by atoms with Gasteiger partial charge < -0.3 is 9.47 Å². The van der Waals surface area contributed by atoms with E-state index in [1.54, 1.807) is 30.6 Å². The number of fused-ring (bicyclic) bond motifs is 2. The molecule has 0 spiro atoms. The first-order chi connectivity index (χ1) is 19.7. The highest BCUT2D eigenvalue weighted by Gasteiger charge is 2.36. The van der Waals surface area contributed by atoms with Gasteiger partial charge in [-0.3, -0.25) is 9.18 Å². The third kappa shape index (κ3) is 4.53. The lowest BCUT2D eigenvalue weighted by Gasteiger charge is -2.36. The molecule has 202 valence electrons. The first-order valence-electron chi connectivity index (χ1n) is 13.5. The van der Waals surface area contributed by atoms with Crippen LogP contribution in [0.3, 0.4) is 0 Å². The number of hydrogen-bond acceptors (Lipinski definition) is 4. The van der Waals surface area contributed by atoms with Gasteiger partial charge >= 0.3 is 0 Å². The summed E-state index contributed by atoms with van der Waals surface area (Å²) in [6.07, 6.45) is 7.12. The van der Waals surface area contributed by atoms with Gasteiger partial charge in [0, 0.05) is 42.1 Å². The normalized spacial score (nSPS) is 18.4. The van der Waals surface area contributed by atoms with Crippen LogP contribution in [0, 0.1) is 5.82 Å². The minimum Gasteiger partial charge on any atom is -0.331 e. The summed E-state index contributed by atoms with van der Waals surface area (Å²) in [5.74, 6) is 1.07. The molecule has 1 aliphatic carbocycles. The summed E-state index contributed by atoms with van der Waals surface area (Å²) in [6, 6.07) is 22.6. The number of alkyl halides is 1. The molecule has 7 rings (SSSR count). The second kappa shape index (κ2) is 11.0. The monoisotopic (exact) mass is 537 g/mol. The summed E-state index contributed by atoms with van der Waals surface area (Å²) in [5.41, 5.74) is 4.99. The van der Waals surface area contributed by atoms with Crippen molar-refractivity contribution in [3.8, 4) is 22.8 Å². The Morgan fingerprint density at radius 2 is 1.57 bits per heavy atom. The average Bonchev–Trinajstić information content (AvgIpc) is 3.56. The molecule has 2 aliphatic rings. The first-order valence-corrected chi connectivity index (χ1v) is 13.5. The Kier molecular flexibility index (Phi) is 7.07. The molecule has 0 radical (unpaired) electrons. The van der Waals surface area contributed by atoms with Crippen LogP contribution in [-0.2, 0) is 6.54 Å². The first kappa shape index (κ1) is 25.8. The fourth-order valence-corrected chi connectivity index (χ4v) is 6.11. The van der Waals surface area contributed by atoms with Gasteiger partial charge in [-0.05, 0) is 73.7 Å². The Hall–Kier alpha value is -4.46. The van der Waals surface area contributed by atoms with Gasteiger partial charge in [0.1, 0.15) is 11.6 Å². The predicted octanol–water partition coefficient (Wildman–Crippen LogP) is 7.02. The third-order valence-corrected chi connectivity index (χ3v) is 7.90. The fourth-order valence-electron chi connectivity index (χ4n) is 6.11. The Morgan fingerprint density at radius 3 is 2.35 bits per heavy atom. The van der Waals surface area contributed by atoms with Crippen molar-refractivity contribution in [2.24, 2.45) is 0 Å². The molecule has 1 aliphatic heterocycles. The molecular formula is C32H29F2N5O. The maximum atomic E-state index is 15.1. The van der Waals surface area contributed by atoms with Crippen LogP contribution in [-0.4, -0.2) is 43.5 Å². The molecule has 5 aromatic rings. The second-order valence-electron chi connectivity index (χ2n) is 10.1. The van der Waals surface area contributed by atoms with E-state index < -0.39 is 0 Å². The molecule has 3 aromatic carbocycles. The number of nitrogens with zero attached hydrogens (tertiary/aromatic N) is 5. The van der Waals surface area contributed by atoms with Crippen molar-refractivity contribution in [2.75, 3.05) is 7.18 Å². The Bertz CT molecular complexity index is 1670. The quantitative estimate of drug-likeness (QED) is 0.247. The average molecular weight is 538 g/mol. The molecule has 3 heterocycles. The van der Waals surface area contributed by atoms with Crippen molar-refractivity contribution >= 4 is 16.9 Å².